The highest BCUT2D eigenvalue weighted by Crippen LogP contribution is 2.36. The van der Waals surface area contributed by atoms with Gasteiger partial charge in [0.1, 0.15) is 40.8 Å². The average Bonchev–Trinajstić information content (AvgIpc) is 3.03. The van der Waals surface area contributed by atoms with Crippen LogP contribution in [0.15, 0.2) is 94.7 Å². The lowest BCUT2D eigenvalue weighted by Crippen LogP contribution is -2.42. The van der Waals surface area contributed by atoms with Crippen LogP contribution in [0.2, 0.25) is 0 Å². The van der Waals surface area contributed by atoms with Crippen LogP contribution in [-0.2, 0) is 32.3 Å². The van der Waals surface area contributed by atoms with Crippen LogP contribution in [0.5, 0.6) is 11.5 Å². The van der Waals surface area contributed by atoms with Crippen molar-refractivity contribution in [2.75, 3.05) is 49.1 Å². The summed E-state index contributed by atoms with van der Waals surface area (Å²) >= 11 is -2.23. The first-order chi connectivity index (χ1) is 20.4. The average molecular weight is 626 g/mol. The Hall–Kier alpha value is -3.55. The molecule has 4 aromatic rings. The van der Waals surface area contributed by atoms with Gasteiger partial charge in [-0.3, -0.25) is 9.59 Å². The molecule has 0 aromatic heterocycles. The third kappa shape index (κ3) is 7.64. The standard InChI is InChI=1S/C30H31N3O6S3/c1-32(18-19-40-21-34)30(35)20-33(42(37)25-14-10-23(39-3)11-15-25)29-17-16-28(26-6-4-5-7-27(26)29)31-41(36)24-12-8-22(38-2)9-13-24/h4-17,21,31H,18-20H2,1-3H3. The van der Waals surface area contributed by atoms with Crippen LogP contribution in [0.3, 0.4) is 0 Å². The Morgan fingerprint density at radius 3 is 2.07 bits per heavy atom. The minimum atomic E-state index is -1.76. The van der Waals surface area contributed by atoms with Crippen molar-refractivity contribution in [3.8, 4) is 11.5 Å². The van der Waals surface area contributed by atoms with Gasteiger partial charge in [0.25, 0.3) is 0 Å². The summed E-state index contributed by atoms with van der Waals surface area (Å²) in [5.74, 6) is 1.49. The highest BCUT2D eigenvalue weighted by molar-refractivity contribution is 8.11. The van der Waals surface area contributed by atoms with Crippen molar-refractivity contribution in [1.29, 1.82) is 0 Å². The summed E-state index contributed by atoms with van der Waals surface area (Å²) in [5, 5.41) is 1.47. The lowest BCUT2D eigenvalue weighted by Gasteiger charge is -2.28. The quantitative estimate of drug-likeness (QED) is 0.119. The zero-order valence-electron chi connectivity index (χ0n) is 23.4. The zero-order chi connectivity index (χ0) is 30.1. The van der Waals surface area contributed by atoms with Gasteiger partial charge < -0.3 is 23.5 Å². The van der Waals surface area contributed by atoms with Crippen LogP contribution in [0, 0.1) is 0 Å². The number of carbonyl (C=O) groups excluding carboxylic acids is 2. The molecule has 1 N–H and O–H groups in total. The molecule has 12 heteroatoms. The molecular weight excluding hydrogens is 595 g/mol. The predicted octanol–water partition coefficient (Wildman–Crippen LogP) is 4.90. The highest BCUT2D eigenvalue weighted by Gasteiger charge is 2.29. The van der Waals surface area contributed by atoms with Crippen molar-refractivity contribution < 1.29 is 28.2 Å². The van der Waals surface area contributed by atoms with Crippen LogP contribution in [-0.4, -0.2) is 65.6 Å². The molecule has 0 bridgehead atoms. The fourth-order valence-corrected chi connectivity index (χ4v) is 6.65. The summed E-state index contributed by atoms with van der Waals surface area (Å²) in [4.78, 5) is 26.6. The number of ether oxygens (including phenoxy) is 2. The van der Waals surface area contributed by atoms with E-state index in [1.54, 1.807) is 86.2 Å². The Bertz CT molecular complexity index is 1490. The minimum absolute atomic E-state index is 0.171. The van der Waals surface area contributed by atoms with Gasteiger partial charge in [-0.15, -0.1) is 0 Å². The molecule has 220 valence electrons. The Morgan fingerprint density at radius 1 is 0.881 bits per heavy atom. The number of hydrogen-bond donors (Lipinski definition) is 1. The van der Waals surface area contributed by atoms with E-state index in [1.807, 2.05) is 24.3 Å². The summed E-state index contributed by atoms with van der Waals surface area (Å²) in [6.45, 7) is 0.196. The number of thioether (sulfide) groups is 1. The number of methoxy groups -OCH3 is 2. The normalized spacial score (nSPS) is 12.3. The zero-order valence-corrected chi connectivity index (χ0v) is 25.8. The second-order valence-corrected chi connectivity index (χ2v) is 12.5. The van der Waals surface area contributed by atoms with E-state index in [1.165, 1.54) is 4.90 Å². The predicted molar refractivity (Wildman–Crippen MR) is 171 cm³/mol. The van der Waals surface area contributed by atoms with Crippen molar-refractivity contribution in [3.05, 3.63) is 84.9 Å². The summed E-state index contributed by atoms with van der Waals surface area (Å²) < 4.78 is 42.3. The first kappa shape index (κ1) is 31.4. The number of amides is 1. The van der Waals surface area contributed by atoms with Crippen molar-refractivity contribution >= 4 is 68.2 Å². The van der Waals surface area contributed by atoms with Gasteiger partial charge in [-0.25, -0.2) is 4.72 Å². The van der Waals surface area contributed by atoms with E-state index < -0.39 is 22.7 Å². The third-order valence-corrected chi connectivity index (χ3v) is 9.49. The molecule has 0 saturated carbocycles. The van der Waals surface area contributed by atoms with Gasteiger partial charge in [-0.05, 0) is 60.7 Å². The first-order valence-corrected chi connectivity index (χ1v) is 16.1. The lowest BCUT2D eigenvalue weighted by molar-refractivity contribution is -0.128. The number of likely N-dealkylation sites (N-methyl/N-ethyl adjacent to an activating group) is 1. The summed E-state index contributed by atoms with van der Waals surface area (Å²) in [7, 11) is 4.78. The van der Waals surface area contributed by atoms with Gasteiger partial charge in [-0.1, -0.05) is 36.0 Å². The molecule has 0 radical (unpaired) electrons. The van der Waals surface area contributed by atoms with Gasteiger partial charge >= 0.3 is 0 Å². The molecule has 2 atom stereocenters. The monoisotopic (exact) mass is 625 g/mol. The molecule has 4 aromatic carbocycles. The molecule has 9 nitrogen and oxygen atoms in total. The minimum Gasteiger partial charge on any atom is -0.588 e. The van der Waals surface area contributed by atoms with Crippen LogP contribution in [0.4, 0.5) is 11.4 Å². The Kier molecular flexibility index (Phi) is 11.3. The number of fused-ring (bicyclic) bond motifs is 1. The Morgan fingerprint density at radius 2 is 1.48 bits per heavy atom. The number of hydrogen-bond acceptors (Lipinski definition) is 9. The molecule has 0 aliphatic carbocycles. The first-order valence-electron chi connectivity index (χ1n) is 12.8. The molecule has 0 spiro atoms. The molecular formula is C30H31N3O6S3. The largest absolute Gasteiger partial charge is 0.588 e. The number of rotatable bonds is 14. The van der Waals surface area contributed by atoms with Crippen LogP contribution >= 0.6 is 11.8 Å². The number of benzene rings is 4. The molecule has 0 aliphatic rings. The molecule has 1 amide bonds. The maximum atomic E-state index is 14.0. The molecule has 0 aliphatic heterocycles. The third-order valence-electron chi connectivity index (χ3n) is 6.42. The van der Waals surface area contributed by atoms with E-state index in [-0.39, 0.29) is 12.5 Å². The van der Waals surface area contributed by atoms with Crippen molar-refractivity contribution in [2.24, 2.45) is 0 Å². The molecule has 0 saturated heterocycles. The van der Waals surface area contributed by atoms with E-state index >= 15 is 0 Å². The van der Waals surface area contributed by atoms with E-state index in [0.717, 1.165) is 28.2 Å². The van der Waals surface area contributed by atoms with Gasteiger partial charge in [0.2, 0.25) is 5.91 Å². The van der Waals surface area contributed by atoms with Crippen LogP contribution < -0.4 is 18.5 Å². The van der Waals surface area contributed by atoms with Gasteiger partial charge in [0.05, 0.1) is 25.6 Å². The Labute approximate surface area is 255 Å². The van der Waals surface area contributed by atoms with Crippen molar-refractivity contribution in [1.82, 2.24) is 4.90 Å². The molecule has 2 unspecified atom stereocenters. The SMILES string of the molecule is COc1ccc([S+]([O-])Nc2ccc(N(CC(=O)N(C)CCSC=O)[S+]([O-])c3ccc(OC)cc3)c3ccccc23)cc1. The fourth-order valence-electron chi connectivity index (χ4n) is 4.11. The van der Waals surface area contributed by atoms with Crippen molar-refractivity contribution in [3.63, 3.8) is 0 Å². The van der Waals surface area contributed by atoms with E-state index in [9.17, 15) is 18.7 Å². The number of nitrogens with one attached hydrogen (secondary N) is 1. The summed E-state index contributed by atoms with van der Waals surface area (Å²) in [6, 6.07) is 24.8. The van der Waals surface area contributed by atoms with Gasteiger partial charge in [0, 0.05) is 30.1 Å². The smallest absolute Gasteiger partial charge is 0.246 e. The molecule has 4 rings (SSSR count). The maximum absolute atomic E-state index is 14.0. The van der Waals surface area contributed by atoms with E-state index in [0.29, 0.717) is 45.0 Å². The van der Waals surface area contributed by atoms with Crippen molar-refractivity contribution in [2.45, 2.75) is 9.79 Å². The van der Waals surface area contributed by atoms with Gasteiger partial charge in [0.15, 0.2) is 15.4 Å². The number of nitrogens with zero attached hydrogens (tertiary/aromatic N) is 2. The van der Waals surface area contributed by atoms with Crippen LogP contribution in [0.1, 0.15) is 0 Å². The van der Waals surface area contributed by atoms with Gasteiger partial charge in [-0.2, -0.15) is 4.31 Å². The fraction of sp³-hybridized carbons (Fsp3) is 0.200. The van der Waals surface area contributed by atoms with E-state index in [4.69, 9.17) is 9.47 Å². The van der Waals surface area contributed by atoms with E-state index in [2.05, 4.69) is 4.72 Å². The lowest BCUT2D eigenvalue weighted by atomic mass is 10.1. The maximum Gasteiger partial charge on any atom is 0.246 e. The second-order valence-electron chi connectivity index (χ2n) is 8.97. The summed E-state index contributed by atoms with van der Waals surface area (Å²) in [6.07, 6.45) is 0. The molecule has 42 heavy (non-hydrogen) atoms. The molecule has 0 heterocycles. The second kappa shape index (κ2) is 15.1. The molecule has 0 fully saturated rings. The highest BCUT2D eigenvalue weighted by atomic mass is 32.2. The number of carbonyl (C=O) groups is 2. The Balaban J connectivity index is 1.70. The summed E-state index contributed by atoms with van der Waals surface area (Å²) in [5.41, 5.74) is 1.93. The van der Waals surface area contributed by atoms with Crippen LogP contribution in [0.25, 0.3) is 10.8 Å². The number of anilines is 2. The topological polar surface area (TPSA) is 117 Å².